The van der Waals surface area contributed by atoms with E-state index in [9.17, 15) is 14.7 Å². The largest absolute Gasteiger partial charge is 0.493 e. The number of rotatable bonds is 6. The second-order valence-electron chi connectivity index (χ2n) is 5.58. The van der Waals surface area contributed by atoms with Gasteiger partial charge in [0.05, 0.1) is 13.0 Å². The molecule has 0 bridgehead atoms. The zero-order valence-electron chi connectivity index (χ0n) is 12.8. The Morgan fingerprint density at radius 1 is 1.36 bits per heavy atom. The molecule has 22 heavy (non-hydrogen) atoms. The molecule has 1 aliphatic heterocycles. The van der Waals surface area contributed by atoms with Crippen LogP contribution in [-0.4, -0.2) is 40.6 Å². The predicted molar refractivity (Wildman–Crippen MR) is 86.5 cm³/mol. The molecule has 0 aliphatic carbocycles. The van der Waals surface area contributed by atoms with Crippen LogP contribution in [0, 0.1) is 13.8 Å². The fourth-order valence-corrected chi connectivity index (χ4v) is 3.61. The SMILES string of the molecule is Cc1ccc(OCCC(=O)NC2(C(=O)O)CCSC2)cc1C. The van der Waals surface area contributed by atoms with Crippen LogP contribution in [0.2, 0.25) is 0 Å². The summed E-state index contributed by atoms with van der Waals surface area (Å²) in [6.07, 6.45) is 0.614. The number of thioether (sulfide) groups is 1. The van der Waals surface area contributed by atoms with Crippen molar-refractivity contribution in [1.82, 2.24) is 5.32 Å². The highest BCUT2D eigenvalue weighted by Crippen LogP contribution is 2.28. The molecular formula is C16H21NO4S. The van der Waals surface area contributed by atoms with Crippen molar-refractivity contribution in [3.63, 3.8) is 0 Å². The number of aryl methyl sites for hydroxylation is 2. The maximum Gasteiger partial charge on any atom is 0.330 e. The average Bonchev–Trinajstić information content (AvgIpc) is 2.92. The van der Waals surface area contributed by atoms with Crippen molar-refractivity contribution in [2.24, 2.45) is 0 Å². The Labute approximate surface area is 134 Å². The Kier molecular flexibility index (Phi) is 5.34. The minimum absolute atomic E-state index is 0.145. The summed E-state index contributed by atoms with van der Waals surface area (Å²) in [5.74, 6) is 0.660. The van der Waals surface area contributed by atoms with E-state index in [2.05, 4.69) is 5.32 Å². The van der Waals surface area contributed by atoms with E-state index in [1.54, 1.807) is 11.8 Å². The summed E-state index contributed by atoms with van der Waals surface area (Å²) >= 11 is 1.55. The summed E-state index contributed by atoms with van der Waals surface area (Å²) in [4.78, 5) is 23.3. The molecular weight excluding hydrogens is 302 g/mol. The number of nitrogens with one attached hydrogen (secondary N) is 1. The van der Waals surface area contributed by atoms with Crippen LogP contribution in [0.15, 0.2) is 18.2 Å². The second kappa shape index (κ2) is 7.05. The number of aliphatic carboxylic acids is 1. The number of carbonyl (C=O) groups is 2. The van der Waals surface area contributed by atoms with E-state index < -0.39 is 11.5 Å². The number of carboxylic acids is 1. The molecule has 0 radical (unpaired) electrons. The third kappa shape index (κ3) is 3.94. The first-order chi connectivity index (χ1) is 10.4. The molecule has 0 spiro atoms. The summed E-state index contributed by atoms with van der Waals surface area (Å²) in [7, 11) is 0. The van der Waals surface area contributed by atoms with Crippen LogP contribution in [0.25, 0.3) is 0 Å². The van der Waals surface area contributed by atoms with E-state index in [0.29, 0.717) is 12.2 Å². The number of carboxylic acid groups (broad SMARTS) is 1. The third-order valence-corrected chi connectivity index (χ3v) is 5.08. The van der Waals surface area contributed by atoms with Gasteiger partial charge in [0.1, 0.15) is 11.3 Å². The van der Waals surface area contributed by atoms with Crippen molar-refractivity contribution < 1.29 is 19.4 Å². The molecule has 1 aliphatic rings. The topological polar surface area (TPSA) is 75.6 Å². The molecule has 6 heteroatoms. The molecule has 1 atom stereocenters. The van der Waals surface area contributed by atoms with Gasteiger partial charge in [-0.15, -0.1) is 0 Å². The van der Waals surface area contributed by atoms with Gasteiger partial charge in [-0.3, -0.25) is 4.79 Å². The molecule has 2 N–H and O–H groups in total. The van der Waals surface area contributed by atoms with E-state index >= 15 is 0 Å². The quantitative estimate of drug-likeness (QED) is 0.839. The Morgan fingerprint density at radius 3 is 2.73 bits per heavy atom. The first-order valence-corrected chi connectivity index (χ1v) is 8.41. The van der Waals surface area contributed by atoms with Crippen molar-refractivity contribution in [2.75, 3.05) is 18.1 Å². The highest BCUT2D eigenvalue weighted by atomic mass is 32.2. The fraction of sp³-hybridized carbons (Fsp3) is 0.500. The predicted octanol–water partition coefficient (Wildman–Crippen LogP) is 2.15. The second-order valence-corrected chi connectivity index (χ2v) is 6.69. The molecule has 1 fully saturated rings. The van der Waals surface area contributed by atoms with Gasteiger partial charge in [0, 0.05) is 5.75 Å². The fourth-order valence-electron chi connectivity index (χ4n) is 2.28. The summed E-state index contributed by atoms with van der Waals surface area (Å²) in [6, 6.07) is 5.77. The first kappa shape index (κ1) is 16.7. The van der Waals surface area contributed by atoms with E-state index in [0.717, 1.165) is 17.1 Å². The molecule has 1 heterocycles. The summed E-state index contributed by atoms with van der Waals surface area (Å²) in [6.45, 7) is 4.26. The Hall–Kier alpha value is -1.69. The maximum absolute atomic E-state index is 12.0. The number of amides is 1. The monoisotopic (exact) mass is 323 g/mol. The minimum atomic E-state index is -1.11. The van der Waals surface area contributed by atoms with Gasteiger partial charge in [-0.1, -0.05) is 6.07 Å². The lowest BCUT2D eigenvalue weighted by Crippen LogP contribution is -2.54. The molecule has 1 unspecified atom stereocenters. The molecule has 1 amide bonds. The molecule has 0 aromatic heterocycles. The van der Waals surface area contributed by atoms with E-state index in [-0.39, 0.29) is 18.9 Å². The van der Waals surface area contributed by atoms with Gasteiger partial charge >= 0.3 is 5.97 Å². The van der Waals surface area contributed by atoms with E-state index in [4.69, 9.17) is 4.74 Å². The third-order valence-electron chi connectivity index (χ3n) is 3.89. The number of carbonyl (C=O) groups excluding carboxylic acids is 1. The lowest BCUT2D eigenvalue weighted by atomic mass is 9.99. The van der Waals surface area contributed by atoms with Gasteiger partial charge in [-0.25, -0.2) is 4.79 Å². The van der Waals surface area contributed by atoms with Gasteiger partial charge in [-0.05, 0) is 49.3 Å². The molecule has 1 saturated heterocycles. The van der Waals surface area contributed by atoms with Gasteiger partial charge in [0.25, 0.3) is 0 Å². The van der Waals surface area contributed by atoms with Gasteiger partial charge in [-0.2, -0.15) is 11.8 Å². The van der Waals surface area contributed by atoms with Crippen molar-refractivity contribution in [3.05, 3.63) is 29.3 Å². The Bertz CT molecular complexity index is 567. The average molecular weight is 323 g/mol. The molecule has 5 nitrogen and oxygen atoms in total. The standard InChI is InChI=1S/C16H21NO4S/c1-11-3-4-13(9-12(11)2)21-7-5-14(18)17-16(15(19)20)6-8-22-10-16/h3-4,9H,5-8,10H2,1-2H3,(H,17,18)(H,19,20). The van der Waals surface area contributed by atoms with Crippen LogP contribution in [0.1, 0.15) is 24.0 Å². The molecule has 2 rings (SSSR count). The van der Waals surface area contributed by atoms with E-state index in [1.165, 1.54) is 5.56 Å². The molecule has 1 aromatic rings. The number of hydrogen-bond acceptors (Lipinski definition) is 4. The van der Waals surface area contributed by atoms with Crippen LogP contribution in [0.5, 0.6) is 5.75 Å². The van der Waals surface area contributed by atoms with Crippen molar-refractivity contribution >= 4 is 23.6 Å². The smallest absolute Gasteiger partial charge is 0.330 e. The molecule has 120 valence electrons. The van der Waals surface area contributed by atoms with Crippen molar-refractivity contribution in [3.8, 4) is 5.75 Å². The van der Waals surface area contributed by atoms with Crippen LogP contribution in [0.3, 0.4) is 0 Å². The highest BCUT2D eigenvalue weighted by molar-refractivity contribution is 7.99. The number of benzene rings is 1. The lowest BCUT2D eigenvalue weighted by molar-refractivity contribution is -0.146. The number of hydrogen-bond donors (Lipinski definition) is 2. The summed E-state index contributed by atoms with van der Waals surface area (Å²) in [5.41, 5.74) is 1.21. The number of ether oxygens (including phenoxy) is 1. The van der Waals surface area contributed by atoms with Crippen LogP contribution in [0.4, 0.5) is 0 Å². The first-order valence-electron chi connectivity index (χ1n) is 7.25. The zero-order valence-corrected chi connectivity index (χ0v) is 13.7. The highest BCUT2D eigenvalue weighted by Gasteiger charge is 2.43. The zero-order chi connectivity index (χ0) is 16.2. The minimum Gasteiger partial charge on any atom is -0.493 e. The Morgan fingerprint density at radius 2 is 2.14 bits per heavy atom. The van der Waals surface area contributed by atoms with Crippen molar-refractivity contribution in [2.45, 2.75) is 32.2 Å². The van der Waals surface area contributed by atoms with Crippen LogP contribution >= 0.6 is 11.8 Å². The molecule has 0 saturated carbocycles. The van der Waals surface area contributed by atoms with Crippen molar-refractivity contribution in [1.29, 1.82) is 0 Å². The van der Waals surface area contributed by atoms with Crippen LogP contribution in [-0.2, 0) is 9.59 Å². The van der Waals surface area contributed by atoms with Crippen LogP contribution < -0.4 is 10.1 Å². The lowest BCUT2D eigenvalue weighted by Gasteiger charge is -2.24. The van der Waals surface area contributed by atoms with Gasteiger partial charge in [0.2, 0.25) is 5.91 Å². The molecule has 1 aromatic carbocycles. The summed E-state index contributed by atoms with van der Waals surface area (Å²) in [5, 5.41) is 12.0. The summed E-state index contributed by atoms with van der Waals surface area (Å²) < 4.78 is 5.56. The van der Waals surface area contributed by atoms with E-state index in [1.807, 2.05) is 32.0 Å². The van der Waals surface area contributed by atoms with Gasteiger partial charge in [0.15, 0.2) is 0 Å². The Balaban J connectivity index is 1.82. The normalized spacial score (nSPS) is 20.6. The van der Waals surface area contributed by atoms with Gasteiger partial charge < -0.3 is 15.2 Å². The maximum atomic E-state index is 12.0.